The zero-order chi connectivity index (χ0) is 18.8. The predicted molar refractivity (Wildman–Crippen MR) is 102 cm³/mol. The summed E-state index contributed by atoms with van der Waals surface area (Å²) in [6, 6.07) is 13.5. The summed E-state index contributed by atoms with van der Waals surface area (Å²) in [5.74, 6) is -0.778. The van der Waals surface area contributed by atoms with Gasteiger partial charge in [-0.05, 0) is 22.6 Å². The number of carboxylic acids is 1. The van der Waals surface area contributed by atoms with Crippen LogP contribution in [-0.2, 0) is 11.3 Å². The van der Waals surface area contributed by atoms with E-state index < -0.39 is 5.97 Å². The van der Waals surface area contributed by atoms with Crippen molar-refractivity contribution in [3.63, 3.8) is 0 Å². The van der Waals surface area contributed by atoms with Crippen LogP contribution in [0.15, 0.2) is 42.5 Å². The summed E-state index contributed by atoms with van der Waals surface area (Å²) in [7, 11) is 0. The zero-order valence-electron chi connectivity index (χ0n) is 15.1. The Balaban J connectivity index is 2.11. The molecular formula is C21H22N2O3. The first-order valence-electron chi connectivity index (χ1n) is 8.60. The molecule has 0 radical (unpaired) electrons. The minimum atomic E-state index is -0.978. The van der Waals surface area contributed by atoms with Gasteiger partial charge in [0.1, 0.15) is 5.69 Å². The van der Waals surface area contributed by atoms with Gasteiger partial charge in [0.15, 0.2) is 0 Å². The molecule has 0 bridgehead atoms. The molecule has 0 saturated carbocycles. The first kappa shape index (κ1) is 17.7. The highest BCUT2D eigenvalue weighted by atomic mass is 16.4. The van der Waals surface area contributed by atoms with Crippen molar-refractivity contribution in [2.45, 2.75) is 33.2 Å². The summed E-state index contributed by atoms with van der Waals surface area (Å²) < 4.78 is 0. The normalized spacial score (nSPS) is 11.1. The van der Waals surface area contributed by atoms with Crippen LogP contribution in [-0.4, -0.2) is 22.0 Å². The topological polar surface area (TPSA) is 82.2 Å². The molecule has 1 aromatic heterocycles. The van der Waals surface area contributed by atoms with Crippen molar-refractivity contribution in [1.82, 2.24) is 10.3 Å². The van der Waals surface area contributed by atoms with E-state index in [-0.39, 0.29) is 17.5 Å². The van der Waals surface area contributed by atoms with Gasteiger partial charge < -0.3 is 15.4 Å². The average Bonchev–Trinajstić information content (AvgIpc) is 3.00. The number of hydrogen-bond acceptors (Lipinski definition) is 2. The van der Waals surface area contributed by atoms with Crippen LogP contribution in [0.3, 0.4) is 0 Å². The fourth-order valence-corrected chi connectivity index (χ4v) is 3.20. The summed E-state index contributed by atoms with van der Waals surface area (Å²) >= 11 is 0. The second-order valence-corrected chi connectivity index (χ2v) is 6.71. The lowest BCUT2D eigenvalue weighted by atomic mass is 9.96. The highest BCUT2D eigenvalue weighted by molar-refractivity contribution is 6.08. The van der Waals surface area contributed by atoms with Crippen molar-refractivity contribution in [3.05, 3.63) is 59.3 Å². The molecule has 0 atom stereocenters. The molecule has 0 aliphatic carbocycles. The van der Waals surface area contributed by atoms with E-state index in [4.69, 9.17) is 0 Å². The number of aromatic amines is 1. The third-order valence-electron chi connectivity index (χ3n) is 4.49. The van der Waals surface area contributed by atoms with E-state index in [1.54, 1.807) is 0 Å². The molecule has 0 fully saturated rings. The van der Waals surface area contributed by atoms with E-state index in [0.29, 0.717) is 12.1 Å². The second kappa shape index (κ2) is 7.04. The van der Waals surface area contributed by atoms with Gasteiger partial charge in [-0.25, -0.2) is 4.79 Å². The zero-order valence-corrected chi connectivity index (χ0v) is 15.1. The van der Waals surface area contributed by atoms with Crippen LogP contribution in [0, 0.1) is 0 Å². The smallest absolute Gasteiger partial charge is 0.352 e. The van der Waals surface area contributed by atoms with Crippen LogP contribution in [0.5, 0.6) is 0 Å². The molecule has 3 N–H and O–H groups in total. The van der Waals surface area contributed by atoms with Crippen molar-refractivity contribution < 1.29 is 14.7 Å². The number of carbonyl (C=O) groups excluding carboxylic acids is 1. The molecule has 3 aromatic rings. The number of carboxylic acid groups (broad SMARTS) is 1. The molecular weight excluding hydrogens is 328 g/mol. The summed E-state index contributed by atoms with van der Waals surface area (Å²) in [4.78, 5) is 26.0. The van der Waals surface area contributed by atoms with E-state index in [2.05, 4.69) is 24.1 Å². The number of benzene rings is 2. The van der Waals surface area contributed by atoms with Crippen molar-refractivity contribution >= 4 is 22.8 Å². The number of aromatic nitrogens is 1. The van der Waals surface area contributed by atoms with Crippen LogP contribution in [0.4, 0.5) is 0 Å². The molecule has 5 nitrogen and oxygen atoms in total. The third-order valence-corrected chi connectivity index (χ3v) is 4.49. The Kier molecular flexibility index (Phi) is 4.80. The summed E-state index contributed by atoms with van der Waals surface area (Å²) in [5, 5.41) is 13.3. The maximum atomic E-state index is 11.8. The Labute approximate surface area is 152 Å². The SMILES string of the molecule is CC(=O)NCc1ccc(-c2c(C(=O)O)[nH]c3c(C(C)C)cccc23)cc1. The van der Waals surface area contributed by atoms with Gasteiger partial charge >= 0.3 is 5.97 Å². The van der Waals surface area contributed by atoms with Crippen molar-refractivity contribution in [2.24, 2.45) is 0 Å². The maximum absolute atomic E-state index is 11.8. The predicted octanol–water partition coefficient (Wildman–Crippen LogP) is 4.29. The molecule has 2 aromatic carbocycles. The fourth-order valence-electron chi connectivity index (χ4n) is 3.20. The Morgan fingerprint density at radius 3 is 2.38 bits per heavy atom. The van der Waals surface area contributed by atoms with Crippen LogP contribution in [0.1, 0.15) is 48.3 Å². The van der Waals surface area contributed by atoms with Crippen LogP contribution >= 0.6 is 0 Å². The Morgan fingerprint density at radius 1 is 1.12 bits per heavy atom. The number of hydrogen-bond donors (Lipinski definition) is 3. The molecule has 0 aliphatic heterocycles. The molecule has 0 aliphatic rings. The lowest BCUT2D eigenvalue weighted by molar-refractivity contribution is -0.119. The number of amides is 1. The van der Waals surface area contributed by atoms with Crippen molar-refractivity contribution in [1.29, 1.82) is 0 Å². The molecule has 26 heavy (non-hydrogen) atoms. The van der Waals surface area contributed by atoms with Gasteiger partial charge in [-0.1, -0.05) is 56.3 Å². The Morgan fingerprint density at radius 2 is 1.81 bits per heavy atom. The minimum Gasteiger partial charge on any atom is -0.477 e. The van der Waals surface area contributed by atoms with E-state index in [1.165, 1.54) is 6.92 Å². The van der Waals surface area contributed by atoms with E-state index in [9.17, 15) is 14.7 Å². The molecule has 0 spiro atoms. The van der Waals surface area contributed by atoms with Crippen molar-refractivity contribution in [3.8, 4) is 11.1 Å². The molecule has 134 valence electrons. The Bertz CT molecular complexity index is 969. The fraction of sp³-hybridized carbons (Fsp3) is 0.238. The van der Waals surface area contributed by atoms with E-state index in [1.807, 2.05) is 42.5 Å². The highest BCUT2D eigenvalue weighted by Gasteiger charge is 2.20. The molecule has 0 unspecified atom stereocenters. The van der Waals surface area contributed by atoms with Gasteiger partial charge in [0.2, 0.25) is 5.91 Å². The van der Waals surface area contributed by atoms with Crippen LogP contribution < -0.4 is 5.32 Å². The average molecular weight is 350 g/mol. The standard InChI is InChI=1S/C21H22N2O3/c1-12(2)16-5-4-6-17-18(20(21(25)26)23-19(16)17)15-9-7-14(8-10-15)11-22-13(3)24/h4-10,12,23H,11H2,1-3H3,(H,22,24)(H,25,26). The summed E-state index contributed by atoms with van der Waals surface area (Å²) in [5.41, 5.74) is 4.66. The molecule has 5 heteroatoms. The van der Waals surface area contributed by atoms with E-state index >= 15 is 0 Å². The summed E-state index contributed by atoms with van der Waals surface area (Å²) in [6.07, 6.45) is 0. The van der Waals surface area contributed by atoms with Gasteiger partial charge in [-0.15, -0.1) is 0 Å². The quantitative estimate of drug-likeness (QED) is 0.642. The number of carbonyl (C=O) groups is 2. The first-order valence-corrected chi connectivity index (χ1v) is 8.60. The van der Waals surface area contributed by atoms with Gasteiger partial charge in [0.05, 0.1) is 5.52 Å². The largest absolute Gasteiger partial charge is 0.477 e. The highest BCUT2D eigenvalue weighted by Crippen LogP contribution is 2.36. The number of aromatic carboxylic acids is 1. The van der Waals surface area contributed by atoms with Gasteiger partial charge in [-0.2, -0.15) is 0 Å². The first-order chi connectivity index (χ1) is 12.4. The van der Waals surface area contributed by atoms with Crippen LogP contribution in [0.25, 0.3) is 22.0 Å². The molecule has 3 rings (SSSR count). The second-order valence-electron chi connectivity index (χ2n) is 6.71. The summed E-state index contributed by atoms with van der Waals surface area (Å²) in [6.45, 7) is 6.11. The van der Waals surface area contributed by atoms with Gasteiger partial charge in [0, 0.05) is 24.4 Å². The van der Waals surface area contributed by atoms with Crippen LogP contribution in [0.2, 0.25) is 0 Å². The third kappa shape index (κ3) is 3.33. The van der Waals surface area contributed by atoms with E-state index in [0.717, 1.165) is 27.6 Å². The molecule has 1 heterocycles. The maximum Gasteiger partial charge on any atom is 0.352 e. The number of fused-ring (bicyclic) bond motifs is 1. The monoisotopic (exact) mass is 350 g/mol. The minimum absolute atomic E-state index is 0.0833. The van der Waals surface area contributed by atoms with Gasteiger partial charge in [-0.3, -0.25) is 4.79 Å². The number of H-pyrrole nitrogens is 1. The Hall–Kier alpha value is -3.08. The van der Waals surface area contributed by atoms with Crippen molar-refractivity contribution in [2.75, 3.05) is 0 Å². The number of para-hydroxylation sites is 1. The lowest BCUT2D eigenvalue weighted by Crippen LogP contribution is -2.18. The van der Waals surface area contributed by atoms with Gasteiger partial charge in [0.25, 0.3) is 0 Å². The molecule has 0 saturated heterocycles. The molecule has 1 amide bonds. The number of rotatable bonds is 5. The number of nitrogens with one attached hydrogen (secondary N) is 2. The lowest BCUT2D eigenvalue weighted by Gasteiger charge is -2.08.